The van der Waals surface area contributed by atoms with Gasteiger partial charge in [0.1, 0.15) is 0 Å². The predicted molar refractivity (Wildman–Crippen MR) is 49.0 cm³/mol. The highest BCUT2D eigenvalue weighted by molar-refractivity contribution is 5.72. The number of hydrogen-bond donors (Lipinski definition) is 0. The fraction of sp³-hybridized carbons (Fsp3) is 0.889. The van der Waals surface area contributed by atoms with Crippen LogP contribution in [-0.4, -0.2) is 38.1 Å². The maximum atomic E-state index is 11.1. The summed E-state index contributed by atoms with van der Waals surface area (Å²) in [6, 6.07) is 0. The number of esters is 1. The molecule has 0 aromatic rings. The van der Waals surface area contributed by atoms with Crippen molar-refractivity contribution >= 4 is 5.97 Å². The van der Waals surface area contributed by atoms with E-state index in [1.807, 2.05) is 14.0 Å². The number of methoxy groups -OCH3 is 1. The van der Waals surface area contributed by atoms with Crippen LogP contribution in [0.4, 0.5) is 0 Å². The van der Waals surface area contributed by atoms with Crippen molar-refractivity contribution in [1.29, 1.82) is 0 Å². The first-order valence-electron chi connectivity index (χ1n) is 4.42. The average Bonchev–Trinajstić information content (AvgIpc) is 2.12. The minimum atomic E-state index is -0.0993. The molecule has 0 aliphatic heterocycles. The lowest BCUT2D eigenvalue weighted by Gasteiger charge is -2.19. The molecule has 0 amide bonds. The van der Waals surface area contributed by atoms with Gasteiger partial charge in [0.25, 0.3) is 0 Å². The molecule has 0 N–H and O–H groups in total. The zero-order chi connectivity index (χ0) is 9.56. The summed E-state index contributed by atoms with van der Waals surface area (Å²) >= 11 is 0. The van der Waals surface area contributed by atoms with Crippen LogP contribution in [0, 0.1) is 5.92 Å². The predicted octanol–water partition coefficient (Wildman–Crippen LogP) is 1.14. The zero-order valence-corrected chi connectivity index (χ0v) is 8.46. The normalized spacial score (nSPS) is 13.1. The van der Waals surface area contributed by atoms with Gasteiger partial charge < -0.3 is 9.64 Å². The van der Waals surface area contributed by atoms with Crippen molar-refractivity contribution in [2.45, 2.75) is 20.3 Å². The Morgan fingerprint density at radius 2 is 2.08 bits per heavy atom. The van der Waals surface area contributed by atoms with Crippen LogP contribution in [0.3, 0.4) is 0 Å². The lowest BCUT2D eigenvalue weighted by atomic mass is 10.1. The summed E-state index contributed by atoms with van der Waals surface area (Å²) in [4.78, 5) is 13.3. The number of carbonyl (C=O) groups is 1. The third-order valence-electron chi connectivity index (χ3n) is 2.10. The number of rotatable bonds is 5. The molecule has 0 aliphatic carbocycles. The summed E-state index contributed by atoms with van der Waals surface area (Å²) in [6.45, 7) is 5.84. The maximum Gasteiger partial charge on any atom is 0.309 e. The van der Waals surface area contributed by atoms with Gasteiger partial charge in [-0.2, -0.15) is 0 Å². The van der Waals surface area contributed by atoms with E-state index in [1.165, 1.54) is 7.11 Å². The van der Waals surface area contributed by atoms with Crippen molar-refractivity contribution in [2.24, 2.45) is 5.92 Å². The Balaban J connectivity index is 3.90. The van der Waals surface area contributed by atoms with E-state index < -0.39 is 0 Å². The van der Waals surface area contributed by atoms with Crippen LogP contribution in [0.15, 0.2) is 0 Å². The molecule has 0 fully saturated rings. The lowest BCUT2D eigenvalue weighted by Crippen LogP contribution is -2.30. The van der Waals surface area contributed by atoms with Gasteiger partial charge in [-0.1, -0.05) is 13.8 Å². The second-order valence-corrected chi connectivity index (χ2v) is 2.98. The molecule has 0 rings (SSSR count). The largest absolute Gasteiger partial charge is 0.469 e. The van der Waals surface area contributed by atoms with Crippen LogP contribution >= 0.6 is 0 Å². The highest BCUT2D eigenvalue weighted by Gasteiger charge is 2.17. The van der Waals surface area contributed by atoms with E-state index in [9.17, 15) is 4.79 Å². The first kappa shape index (κ1) is 11.4. The Kier molecular flexibility index (Phi) is 5.72. The fourth-order valence-electron chi connectivity index (χ4n) is 1.04. The second kappa shape index (κ2) is 6.00. The number of hydrogen-bond acceptors (Lipinski definition) is 3. The van der Waals surface area contributed by atoms with Crippen LogP contribution in [0.25, 0.3) is 0 Å². The van der Waals surface area contributed by atoms with Crippen LogP contribution in [0.2, 0.25) is 0 Å². The Hall–Kier alpha value is -0.570. The number of ether oxygens (including phenoxy) is 1. The number of carbonyl (C=O) groups excluding carboxylic acids is 1. The Bertz CT molecular complexity index is 136. The highest BCUT2D eigenvalue weighted by atomic mass is 16.5. The minimum absolute atomic E-state index is 0.0277. The third kappa shape index (κ3) is 3.72. The summed E-state index contributed by atoms with van der Waals surface area (Å²) in [7, 11) is 3.45. The smallest absolute Gasteiger partial charge is 0.309 e. The molecule has 0 spiro atoms. The van der Waals surface area contributed by atoms with Crippen LogP contribution in [0.1, 0.15) is 20.3 Å². The number of nitrogens with zero attached hydrogens (tertiary/aromatic N) is 1. The molecule has 0 unspecified atom stereocenters. The highest BCUT2D eigenvalue weighted by Crippen LogP contribution is 2.06. The van der Waals surface area contributed by atoms with E-state index in [0.29, 0.717) is 0 Å². The van der Waals surface area contributed by atoms with Crippen molar-refractivity contribution in [1.82, 2.24) is 4.90 Å². The van der Waals surface area contributed by atoms with Crippen molar-refractivity contribution in [3.05, 3.63) is 0 Å². The molecule has 1 atom stereocenters. The van der Waals surface area contributed by atoms with Gasteiger partial charge in [-0.15, -0.1) is 0 Å². The Labute approximate surface area is 74.7 Å². The van der Waals surface area contributed by atoms with Crippen molar-refractivity contribution in [3.63, 3.8) is 0 Å². The summed E-state index contributed by atoms with van der Waals surface area (Å²) < 4.78 is 4.68. The quantitative estimate of drug-likeness (QED) is 0.584. The van der Waals surface area contributed by atoms with Gasteiger partial charge in [0.15, 0.2) is 0 Å². The minimum Gasteiger partial charge on any atom is -0.469 e. The molecule has 0 aromatic heterocycles. The molecule has 0 aromatic carbocycles. The van der Waals surface area contributed by atoms with Crippen LogP contribution in [0.5, 0.6) is 0 Å². The monoisotopic (exact) mass is 173 g/mol. The molecule has 0 bridgehead atoms. The zero-order valence-electron chi connectivity index (χ0n) is 8.46. The molecule has 0 saturated heterocycles. The van der Waals surface area contributed by atoms with Gasteiger partial charge in [0.2, 0.25) is 0 Å². The maximum absolute atomic E-state index is 11.1. The molecule has 0 saturated carbocycles. The molecular weight excluding hydrogens is 154 g/mol. The topological polar surface area (TPSA) is 29.5 Å². The molecule has 0 heterocycles. The molecule has 0 aliphatic rings. The molecule has 12 heavy (non-hydrogen) atoms. The van der Waals surface area contributed by atoms with Gasteiger partial charge in [0, 0.05) is 6.54 Å². The second-order valence-electron chi connectivity index (χ2n) is 2.98. The van der Waals surface area contributed by atoms with Gasteiger partial charge in [-0.3, -0.25) is 4.79 Å². The van der Waals surface area contributed by atoms with Gasteiger partial charge in [-0.05, 0) is 20.0 Å². The van der Waals surface area contributed by atoms with Gasteiger partial charge >= 0.3 is 5.97 Å². The van der Waals surface area contributed by atoms with Gasteiger partial charge in [-0.25, -0.2) is 0 Å². The van der Waals surface area contributed by atoms with E-state index >= 15 is 0 Å². The summed E-state index contributed by atoms with van der Waals surface area (Å²) in [6.07, 6.45) is 0.844. The Morgan fingerprint density at radius 1 is 1.50 bits per heavy atom. The summed E-state index contributed by atoms with van der Waals surface area (Å²) in [5.74, 6) is -0.0715. The summed E-state index contributed by atoms with van der Waals surface area (Å²) in [5, 5.41) is 0. The van der Waals surface area contributed by atoms with E-state index in [4.69, 9.17) is 0 Å². The third-order valence-corrected chi connectivity index (χ3v) is 2.10. The van der Waals surface area contributed by atoms with Gasteiger partial charge in [0.05, 0.1) is 13.0 Å². The first-order chi connectivity index (χ1) is 5.65. The van der Waals surface area contributed by atoms with E-state index in [-0.39, 0.29) is 11.9 Å². The van der Waals surface area contributed by atoms with Crippen LogP contribution in [-0.2, 0) is 9.53 Å². The summed E-state index contributed by atoms with van der Waals surface area (Å²) in [5.41, 5.74) is 0. The molecule has 0 radical (unpaired) electrons. The first-order valence-corrected chi connectivity index (χ1v) is 4.42. The Morgan fingerprint density at radius 3 is 2.42 bits per heavy atom. The standard InChI is InChI=1S/C9H19NO2/c1-5-8(9(11)12-4)7-10(3)6-2/h8H,5-7H2,1-4H3/t8-/m1/s1. The lowest BCUT2D eigenvalue weighted by molar-refractivity contribution is -0.146. The molecule has 3 nitrogen and oxygen atoms in total. The fourth-order valence-corrected chi connectivity index (χ4v) is 1.04. The van der Waals surface area contributed by atoms with Crippen molar-refractivity contribution in [2.75, 3.05) is 27.2 Å². The van der Waals surface area contributed by atoms with Crippen molar-refractivity contribution < 1.29 is 9.53 Å². The van der Waals surface area contributed by atoms with Crippen molar-refractivity contribution in [3.8, 4) is 0 Å². The molecule has 3 heteroatoms. The van der Waals surface area contributed by atoms with Crippen LogP contribution < -0.4 is 0 Å². The average molecular weight is 173 g/mol. The SMILES string of the molecule is CC[C@H](CN(C)CC)C(=O)OC. The van der Waals surface area contributed by atoms with E-state index in [0.717, 1.165) is 19.5 Å². The molecular formula is C9H19NO2. The van der Waals surface area contributed by atoms with E-state index in [1.54, 1.807) is 0 Å². The van der Waals surface area contributed by atoms with E-state index in [2.05, 4.69) is 16.6 Å². The molecule has 72 valence electrons.